The topological polar surface area (TPSA) is 78.4 Å². The number of hydrogen-bond donors (Lipinski definition) is 3. The fourth-order valence-corrected chi connectivity index (χ4v) is 2.78. The van der Waals surface area contributed by atoms with Gasteiger partial charge >= 0.3 is 5.97 Å². The zero-order chi connectivity index (χ0) is 19.1. The van der Waals surface area contributed by atoms with Crippen LogP contribution in [-0.4, -0.2) is 30.1 Å². The Morgan fingerprint density at radius 3 is 2.46 bits per heavy atom. The second-order valence-corrected chi connectivity index (χ2v) is 6.21. The molecule has 0 heterocycles. The van der Waals surface area contributed by atoms with Crippen LogP contribution in [0.4, 0.5) is 5.69 Å². The van der Waals surface area contributed by atoms with Crippen molar-refractivity contribution in [1.29, 1.82) is 0 Å². The van der Waals surface area contributed by atoms with Crippen molar-refractivity contribution in [3.05, 3.63) is 70.3 Å². The molecule has 136 valence electrons. The van der Waals surface area contributed by atoms with E-state index < -0.39 is 17.9 Å². The number of benzene rings is 2. The van der Waals surface area contributed by atoms with Crippen LogP contribution in [-0.2, 0) is 4.79 Å². The molecule has 1 amide bonds. The van der Waals surface area contributed by atoms with E-state index in [1.807, 2.05) is 37.4 Å². The van der Waals surface area contributed by atoms with Crippen molar-refractivity contribution < 1.29 is 14.7 Å². The van der Waals surface area contributed by atoms with Crippen LogP contribution in [0.2, 0.25) is 5.02 Å². The number of amides is 1. The second kappa shape index (κ2) is 9.06. The molecular formula is C20H21ClN2O3. The lowest BCUT2D eigenvalue weighted by atomic mass is 10.1. The second-order valence-electron chi connectivity index (χ2n) is 5.81. The molecule has 2 rings (SSSR count). The van der Waals surface area contributed by atoms with E-state index >= 15 is 0 Å². The first-order chi connectivity index (χ1) is 12.4. The van der Waals surface area contributed by atoms with E-state index in [0.717, 1.165) is 11.3 Å². The minimum atomic E-state index is -1.10. The Morgan fingerprint density at radius 2 is 1.88 bits per heavy atom. The minimum Gasteiger partial charge on any atom is -0.480 e. The summed E-state index contributed by atoms with van der Waals surface area (Å²) in [6.45, 7) is 1.76. The van der Waals surface area contributed by atoms with Crippen LogP contribution in [0.5, 0.6) is 0 Å². The normalized spacial score (nSPS) is 12.0. The minimum absolute atomic E-state index is 0.165. The SMILES string of the molecule is CNc1ccc(/C=C/CC(NC(=O)c2c(C)cccc2Cl)C(=O)O)cc1. The number of aliphatic carboxylic acids is 1. The van der Waals surface area contributed by atoms with Crippen molar-refractivity contribution in [3.63, 3.8) is 0 Å². The van der Waals surface area contributed by atoms with Gasteiger partial charge in [0.2, 0.25) is 0 Å². The average molecular weight is 373 g/mol. The third-order valence-electron chi connectivity index (χ3n) is 3.93. The molecule has 0 aliphatic carbocycles. The molecule has 2 aromatic rings. The van der Waals surface area contributed by atoms with E-state index in [9.17, 15) is 14.7 Å². The highest BCUT2D eigenvalue weighted by Gasteiger charge is 2.21. The van der Waals surface area contributed by atoms with Gasteiger partial charge in [-0.15, -0.1) is 0 Å². The smallest absolute Gasteiger partial charge is 0.326 e. The van der Waals surface area contributed by atoms with Crippen molar-refractivity contribution in [2.75, 3.05) is 12.4 Å². The van der Waals surface area contributed by atoms with Gasteiger partial charge in [0, 0.05) is 12.7 Å². The quantitative estimate of drug-likeness (QED) is 0.687. The Kier molecular flexibility index (Phi) is 6.81. The van der Waals surface area contributed by atoms with Crippen LogP contribution >= 0.6 is 11.6 Å². The fraction of sp³-hybridized carbons (Fsp3) is 0.200. The van der Waals surface area contributed by atoms with Gasteiger partial charge in [0.25, 0.3) is 5.91 Å². The van der Waals surface area contributed by atoms with Crippen molar-refractivity contribution in [2.45, 2.75) is 19.4 Å². The van der Waals surface area contributed by atoms with Gasteiger partial charge in [-0.05, 0) is 42.7 Å². The highest BCUT2D eigenvalue weighted by molar-refractivity contribution is 6.34. The van der Waals surface area contributed by atoms with Gasteiger partial charge in [-0.1, -0.05) is 48.0 Å². The number of rotatable bonds is 7. The first-order valence-corrected chi connectivity index (χ1v) is 8.53. The Morgan fingerprint density at radius 1 is 1.19 bits per heavy atom. The Hall–Kier alpha value is -2.79. The lowest BCUT2D eigenvalue weighted by Crippen LogP contribution is -2.40. The van der Waals surface area contributed by atoms with Crippen LogP contribution < -0.4 is 10.6 Å². The summed E-state index contributed by atoms with van der Waals surface area (Å²) in [5.74, 6) is -1.59. The number of carbonyl (C=O) groups excluding carboxylic acids is 1. The van der Waals surface area contributed by atoms with Gasteiger partial charge in [-0.3, -0.25) is 4.79 Å². The largest absolute Gasteiger partial charge is 0.480 e. The van der Waals surface area contributed by atoms with Gasteiger partial charge in [0.05, 0.1) is 10.6 Å². The molecule has 0 aromatic heterocycles. The molecule has 1 atom stereocenters. The Labute approximate surface area is 157 Å². The molecule has 6 heteroatoms. The highest BCUT2D eigenvalue weighted by Crippen LogP contribution is 2.19. The predicted molar refractivity (Wildman–Crippen MR) is 105 cm³/mol. The van der Waals surface area contributed by atoms with Gasteiger partial charge in [0.1, 0.15) is 6.04 Å². The van der Waals surface area contributed by atoms with E-state index in [0.29, 0.717) is 16.1 Å². The van der Waals surface area contributed by atoms with Crippen LogP contribution in [0.3, 0.4) is 0 Å². The number of nitrogens with one attached hydrogen (secondary N) is 2. The van der Waals surface area contributed by atoms with Crippen LogP contribution in [0, 0.1) is 6.92 Å². The summed E-state index contributed by atoms with van der Waals surface area (Å²) in [5, 5.41) is 15.2. The summed E-state index contributed by atoms with van der Waals surface area (Å²) in [6.07, 6.45) is 3.72. The van der Waals surface area contributed by atoms with E-state index in [4.69, 9.17) is 11.6 Å². The molecular weight excluding hydrogens is 352 g/mol. The number of halogens is 1. The van der Waals surface area contributed by atoms with E-state index in [1.54, 1.807) is 31.2 Å². The summed E-state index contributed by atoms with van der Waals surface area (Å²) in [4.78, 5) is 23.9. The Balaban J connectivity index is 2.05. The van der Waals surface area contributed by atoms with Gasteiger partial charge < -0.3 is 15.7 Å². The molecule has 5 nitrogen and oxygen atoms in total. The van der Waals surface area contributed by atoms with Crippen molar-refractivity contribution >= 4 is 35.2 Å². The molecule has 3 N–H and O–H groups in total. The first-order valence-electron chi connectivity index (χ1n) is 8.15. The number of carboxylic acids is 1. The maximum atomic E-state index is 12.4. The van der Waals surface area contributed by atoms with E-state index in [1.165, 1.54) is 0 Å². The molecule has 26 heavy (non-hydrogen) atoms. The molecule has 2 aromatic carbocycles. The standard InChI is InChI=1S/C20H21ClN2O3/c1-13-5-3-7-16(21)18(13)19(24)23-17(20(25)26)8-4-6-14-9-11-15(22-2)12-10-14/h3-7,9-12,17,22H,8H2,1-2H3,(H,23,24)(H,25,26)/b6-4+. The molecule has 0 radical (unpaired) electrons. The molecule has 0 fully saturated rings. The lowest BCUT2D eigenvalue weighted by Gasteiger charge is -2.14. The zero-order valence-electron chi connectivity index (χ0n) is 14.6. The monoisotopic (exact) mass is 372 g/mol. The molecule has 0 aliphatic heterocycles. The predicted octanol–water partition coefficient (Wildman–Crippen LogP) is 3.98. The van der Waals surface area contributed by atoms with Crippen molar-refractivity contribution in [2.24, 2.45) is 0 Å². The Bertz CT molecular complexity index is 796. The number of hydrogen-bond acceptors (Lipinski definition) is 3. The van der Waals surface area contributed by atoms with Crippen molar-refractivity contribution in [1.82, 2.24) is 5.32 Å². The van der Waals surface area contributed by atoms with Crippen LogP contribution in [0.15, 0.2) is 48.5 Å². The molecule has 1 unspecified atom stereocenters. The van der Waals surface area contributed by atoms with Gasteiger partial charge in [-0.2, -0.15) is 0 Å². The highest BCUT2D eigenvalue weighted by atomic mass is 35.5. The third-order valence-corrected chi connectivity index (χ3v) is 4.25. The van der Waals surface area contributed by atoms with Crippen LogP contribution in [0.1, 0.15) is 27.9 Å². The first kappa shape index (κ1) is 19.5. The number of aryl methyl sites for hydroxylation is 1. The van der Waals surface area contributed by atoms with Gasteiger partial charge in [0.15, 0.2) is 0 Å². The van der Waals surface area contributed by atoms with Crippen LogP contribution in [0.25, 0.3) is 6.08 Å². The molecule has 0 bridgehead atoms. The summed E-state index contributed by atoms with van der Waals surface area (Å²) >= 11 is 6.07. The number of carbonyl (C=O) groups is 2. The maximum Gasteiger partial charge on any atom is 0.326 e. The van der Waals surface area contributed by atoms with Crippen molar-refractivity contribution in [3.8, 4) is 0 Å². The summed E-state index contributed by atoms with van der Waals surface area (Å²) in [7, 11) is 1.84. The third kappa shape index (κ3) is 5.10. The average Bonchev–Trinajstić information content (AvgIpc) is 2.61. The van der Waals surface area contributed by atoms with E-state index in [-0.39, 0.29) is 6.42 Å². The number of anilines is 1. The number of carboxylic acid groups (broad SMARTS) is 1. The molecule has 0 saturated heterocycles. The van der Waals surface area contributed by atoms with E-state index in [2.05, 4.69) is 10.6 Å². The summed E-state index contributed by atoms with van der Waals surface area (Å²) in [5.41, 5.74) is 2.93. The zero-order valence-corrected chi connectivity index (χ0v) is 15.4. The summed E-state index contributed by atoms with van der Waals surface area (Å²) in [6, 6.07) is 11.8. The fourth-order valence-electron chi connectivity index (χ4n) is 2.47. The molecule has 0 spiro atoms. The summed E-state index contributed by atoms with van der Waals surface area (Å²) < 4.78 is 0. The molecule has 0 aliphatic rings. The lowest BCUT2D eigenvalue weighted by molar-refractivity contribution is -0.139. The van der Waals surface area contributed by atoms with Gasteiger partial charge in [-0.25, -0.2) is 4.79 Å². The maximum absolute atomic E-state index is 12.4. The molecule has 0 saturated carbocycles.